The summed E-state index contributed by atoms with van der Waals surface area (Å²) in [6, 6.07) is 0. The molecule has 2 fully saturated rings. The molecule has 76 valence electrons. The highest BCUT2D eigenvalue weighted by Gasteiger charge is 2.56. The predicted octanol–water partition coefficient (Wildman–Crippen LogP) is 0.798. The molecular formula is C10H19NO2. The lowest BCUT2D eigenvalue weighted by Crippen LogP contribution is -2.68. The highest BCUT2D eigenvalue weighted by molar-refractivity contribution is 5.13. The van der Waals surface area contributed by atoms with Crippen LogP contribution in [0.15, 0.2) is 0 Å². The fourth-order valence-electron chi connectivity index (χ4n) is 2.76. The molecule has 0 amide bonds. The van der Waals surface area contributed by atoms with Crippen molar-refractivity contribution in [1.82, 2.24) is 0 Å². The molecule has 0 aromatic carbocycles. The van der Waals surface area contributed by atoms with Crippen LogP contribution in [0, 0.1) is 0 Å². The first kappa shape index (κ1) is 9.44. The highest BCUT2D eigenvalue weighted by atomic mass is 16.5. The molecule has 0 saturated heterocycles. The van der Waals surface area contributed by atoms with Crippen LogP contribution in [0.4, 0.5) is 0 Å². The molecule has 0 bridgehead atoms. The number of ether oxygens (including phenoxy) is 1. The van der Waals surface area contributed by atoms with Gasteiger partial charge in [0.2, 0.25) is 0 Å². The van der Waals surface area contributed by atoms with Gasteiger partial charge in [0.25, 0.3) is 0 Å². The zero-order valence-corrected chi connectivity index (χ0v) is 8.25. The van der Waals surface area contributed by atoms with E-state index in [2.05, 4.69) is 0 Å². The first-order valence-electron chi connectivity index (χ1n) is 5.14. The van der Waals surface area contributed by atoms with Crippen LogP contribution in [0.1, 0.15) is 38.5 Å². The van der Waals surface area contributed by atoms with Crippen LogP contribution in [-0.4, -0.2) is 29.5 Å². The Kier molecular flexibility index (Phi) is 2.13. The van der Waals surface area contributed by atoms with Crippen molar-refractivity contribution in [1.29, 1.82) is 0 Å². The van der Waals surface area contributed by atoms with Crippen molar-refractivity contribution in [3.63, 3.8) is 0 Å². The molecule has 3 heteroatoms. The summed E-state index contributed by atoms with van der Waals surface area (Å²) < 4.78 is 5.20. The lowest BCUT2D eigenvalue weighted by Gasteiger charge is -2.52. The normalized spacial score (nSPS) is 43.2. The van der Waals surface area contributed by atoms with E-state index < -0.39 is 5.60 Å². The Bertz CT molecular complexity index is 193. The lowest BCUT2D eigenvalue weighted by atomic mass is 9.63. The maximum atomic E-state index is 10.3. The molecule has 2 rings (SSSR count). The summed E-state index contributed by atoms with van der Waals surface area (Å²) in [5.41, 5.74) is 5.23. The summed E-state index contributed by atoms with van der Waals surface area (Å²) in [5.74, 6) is 0. The second kappa shape index (κ2) is 2.94. The largest absolute Gasteiger partial charge is 0.388 e. The van der Waals surface area contributed by atoms with Gasteiger partial charge >= 0.3 is 0 Å². The number of rotatable bonds is 2. The van der Waals surface area contributed by atoms with Gasteiger partial charge in [-0.25, -0.2) is 0 Å². The summed E-state index contributed by atoms with van der Waals surface area (Å²) in [4.78, 5) is 0. The molecular weight excluding hydrogens is 166 g/mol. The molecule has 0 spiro atoms. The van der Waals surface area contributed by atoms with E-state index in [4.69, 9.17) is 10.5 Å². The molecule has 0 unspecified atom stereocenters. The first-order chi connectivity index (χ1) is 6.10. The van der Waals surface area contributed by atoms with Crippen molar-refractivity contribution in [2.75, 3.05) is 7.11 Å². The zero-order chi connectivity index (χ0) is 9.53. The maximum absolute atomic E-state index is 10.3. The van der Waals surface area contributed by atoms with Crippen LogP contribution in [0.3, 0.4) is 0 Å². The molecule has 0 heterocycles. The molecule has 2 saturated carbocycles. The van der Waals surface area contributed by atoms with Gasteiger partial charge in [-0.1, -0.05) is 12.8 Å². The van der Waals surface area contributed by atoms with Gasteiger partial charge in [0, 0.05) is 12.6 Å². The van der Waals surface area contributed by atoms with Crippen LogP contribution in [0.5, 0.6) is 0 Å². The van der Waals surface area contributed by atoms with Crippen molar-refractivity contribution in [3.05, 3.63) is 0 Å². The van der Waals surface area contributed by atoms with Crippen molar-refractivity contribution in [2.45, 2.75) is 55.8 Å². The van der Waals surface area contributed by atoms with Gasteiger partial charge in [0.05, 0.1) is 11.7 Å². The monoisotopic (exact) mass is 185 g/mol. The summed E-state index contributed by atoms with van der Waals surface area (Å²) in [6.07, 6.45) is 5.90. The van der Waals surface area contributed by atoms with E-state index in [-0.39, 0.29) is 11.6 Å². The first-order valence-corrected chi connectivity index (χ1v) is 5.14. The highest BCUT2D eigenvalue weighted by Crippen LogP contribution is 2.47. The maximum Gasteiger partial charge on any atom is 0.0828 e. The number of aliphatic hydroxyl groups is 1. The minimum Gasteiger partial charge on any atom is -0.388 e. The van der Waals surface area contributed by atoms with E-state index in [0.717, 1.165) is 38.5 Å². The van der Waals surface area contributed by atoms with E-state index >= 15 is 0 Å². The van der Waals surface area contributed by atoms with Gasteiger partial charge in [-0.15, -0.1) is 0 Å². The summed E-state index contributed by atoms with van der Waals surface area (Å²) in [5, 5.41) is 10.3. The number of hydrogen-bond acceptors (Lipinski definition) is 3. The van der Waals surface area contributed by atoms with E-state index in [0.29, 0.717) is 0 Å². The van der Waals surface area contributed by atoms with Crippen molar-refractivity contribution in [3.8, 4) is 0 Å². The molecule has 0 aliphatic heterocycles. The number of hydrogen-bond donors (Lipinski definition) is 2. The molecule has 0 atom stereocenters. The van der Waals surface area contributed by atoms with Gasteiger partial charge in [-0.2, -0.15) is 0 Å². The quantitative estimate of drug-likeness (QED) is 0.669. The average Bonchev–Trinajstić information content (AvgIpc) is 2.47. The molecule has 0 aromatic rings. The van der Waals surface area contributed by atoms with Gasteiger partial charge in [-0.3, -0.25) is 0 Å². The molecule has 13 heavy (non-hydrogen) atoms. The minimum atomic E-state index is -0.595. The summed E-state index contributed by atoms with van der Waals surface area (Å²) in [7, 11) is 1.71. The topological polar surface area (TPSA) is 55.5 Å². The Morgan fingerprint density at radius 1 is 1.31 bits per heavy atom. The van der Waals surface area contributed by atoms with E-state index in [9.17, 15) is 5.11 Å². The van der Waals surface area contributed by atoms with Crippen LogP contribution in [-0.2, 0) is 4.74 Å². The smallest absolute Gasteiger partial charge is 0.0828 e. The Labute approximate surface area is 79.3 Å². The Morgan fingerprint density at radius 2 is 1.85 bits per heavy atom. The minimum absolute atomic E-state index is 0.273. The molecule has 0 radical (unpaired) electrons. The van der Waals surface area contributed by atoms with Gasteiger partial charge < -0.3 is 15.6 Å². The van der Waals surface area contributed by atoms with Crippen LogP contribution < -0.4 is 5.73 Å². The van der Waals surface area contributed by atoms with Crippen molar-refractivity contribution in [2.24, 2.45) is 5.73 Å². The third kappa shape index (κ3) is 1.30. The molecule has 0 aromatic heterocycles. The van der Waals surface area contributed by atoms with Crippen LogP contribution in [0.2, 0.25) is 0 Å². The molecule has 2 aliphatic carbocycles. The van der Waals surface area contributed by atoms with E-state index in [1.165, 1.54) is 0 Å². The van der Waals surface area contributed by atoms with Crippen molar-refractivity contribution >= 4 is 0 Å². The number of methoxy groups -OCH3 is 1. The van der Waals surface area contributed by atoms with Crippen molar-refractivity contribution < 1.29 is 9.84 Å². The summed E-state index contributed by atoms with van der Waals surface area (Å²) in [6.45, 7) is 0. The average molecular weight is 185 g/mol. The number of nitrogens with two attached hydrogens (primary N) is 1. The SMILES string of the molecule is COC1CC(N)(C2(O)CCCC2)C1. The Morgan fingerprint density at radius 3 is 2.31 bits per heavy atom. The van der Waals surface area contributed by atoms with Crippen LogP contribution >= 0.6 is 0 Å². The van der Waals surface area contributed by atoms with Crippen LogP contribution in [0.25, 0.3) is 0 Å². The molecule has 3 N–H and O–H groups in total. The van der Waals surface area contributed by atoms with Gasteiger partial charge in [0.15, 0.2) is 0 Å². The summed E-state index contributed by atoms with van der Waals surface area (Å²) >= 11 is 0. The third-order valence-corrected chi connectivity index (χ3v) is 3.87. The predicted molar refractivity (Wildman–Crippen MR) is 50.4 cm³/mol. The Hall–Kier alpha value is -0.120. The van der Waals surface area contributed by atoms with Gasteiger partial charge in [0.1, 0.15) is 0 Å². The molecule has 2 aliphatic rings. The Balaban J connectivity index is 2.00. The fraction of sp³-hybridized carbons (Fsp3) is 1.00. The third-order valence-electron chi connectivity index (χ3n) is 3.87. The second-order valence-corrected chi connectivity index (χ2v) is 4.66. The van der Waals surface area contributed by atoms with Gasteiger partial charge in [-0.05, 0) is 25.7 Å². The molecule has 3 nitrogen and oxygen atoms in total. The van der Waals surface area contributed by atoms with E-state index in [1.54, 1.807) is 7.11 Å². The lowest BCUT2D eigenvalue weighted by molar-refractivity contribution is -0.123. The fourth-order valence-corrected chi connectivity index (χ4v) is 2.76. The standard InChI is InChI=1S/C10H19NO2/c1-13-8-6-9(11,7-8)10(12)4-2-3-5-10/h8,12H,2-7,11H2,1H3. The second-order valence-electron chi connectivity index (χ2n) is 4.66. The zero-order valence-electron chi connectivity index (χ0n) is 8.25. The van der Waals surface area contributed by atoms with E-state index in [1.807, 2.05) is 0 Å².